The molecule has 9 heteroatoms. The van der Waals surface area contributed by atoms with Crippen molar-refractivity contribution in [1.29, 1.82) is 0 Å². The number of hydrogen-bond donors (Lipinski definition) is 1. The molecule has 7 nitrogen and oxygen atoms in total. The Bertz CT molecular complexity index is 694. The summed E-state index contributed by atoms with van der Waals surface area (Å²) in [7, 11) is -4.08. The summed E-state index contributed by atoms with van der Waals surface area (Å²) < 4.78 is 40.3. The first-order valence-corrected chi connectivity index (χ1v) is 8.02. The first-order valence-electron chi connectivity index (χ1n) is 6.58. The molecular formula is C12H14FN3O4S. The average molecular weight is 315 g/mol. The summed E-state index contributed by atoms with van der Waals surface area (Å²) in [4.78, 5) is 9.45. The zero-order valence-electron chi connectivity index (χ0n) is 11.0. The molecule has 0 bridgehead atoms. The SMILES string of the molecule is O=[N+]([O-])c1c(F)cccc1S(=O)(=O)N1CC[C@H]2CNC[C@H]21. The maximum Gasteiger partial charge on any atom is 0.324 e. The Morgan fingerprint density at radius 3 is 2.86 bits per heavy atom. The smallest absolute Gasteiger partial charge is 0.315 e. The largest absolute Gasteiger partial charge is 0.324 e. The molecule has 0 radical (unpaired) electrons. The molecule has 3 rings (SSSR count). The van der Waals surface area contributed by atoms with Crippen LogP contribution in [0.4, 0.5) is 10.1 Å². The van der Waals surface area contributed by atoms with Gasteiger partial charge >= 0.3 is 5.69 Å². The van der Waals surface area contributed by atoms with E-state index in [4.69, 9.17) is 0 Å². The van der Waals surface area contributed by atoms with Crippen molar-refractivity contribution in [3.05, 3.63) is 34.1 Å². The number of sulfonamides is 1. The molecule has 0 aliphatic carbocycles. The van der Waals surface area contributed by atoms with E-state index in [-0.39, 0.29) is 12.0 Å². The Balaban J connectivity index is 2.07. The topological polar surface area (TPSA) is 92.5 Å². The van der Waals surface area contributed by atoms with Gasteiger partial charge in [-0.05, 0) is 31.0 Å². The van der Waals surface area contributed by atoms with E-state index in [1.54, 1.807) is 0 Å². The lowest BCUT2D eigenvalue weighted by atomic mass is 10.1. The minimum Gasteiger partial charge on any atom is -0.315 e. The molecule has 0 unspecified atom stereocenters. The number of benzene rings is 1. The van der Waals surface area contributed by atoms with Gasteiger partial charge in [-0.1, -0.05) is 6.07 Å². The van der Waals surface area contributed by atoms with E-state index >= 15 is 0 Å². The van der Waals surface area contributed by atoms with E-state index in [2.05, 4.69) is 5.32 Å². The second kappa shape index (κ2) is 5.00. The molecule has 2 aliphatic rings. The van der Waals surface area contributed by atoms with Crippen molar-refractivity contribution < 1.29 is 17.7 Å². The number of rotatable bonds is 3. The van der Waals surface area contributed by atoms with Crippen LogP contribution in [0.25, 0.3) is 0 Å². The fourth-order valence-electron chi connectivity index (χ4n) is 3.12. The Labute approximate surface area is 120 Å². The Hall–Kier alpha value is -1.58. The molecular weight excluding hydrogens is 301 g/mol. The molecule has 1 N–H and O–H groups in total. The first-order chi connectivity index (χ1) is 9.93. The third-order valence-corrected chi connectivity index (χ3v) is 6.07. The van der Waals surface area contributed by atoms with Crippen molar-refractivity contribution >= 4 is 15.7 Å². The van der Waals surface area contributed by atoms with E-state index in [1.165, 1.54) is 10.4 Å². The van der Waals surface area contributed by atoms with Gasteiger partial charge in [-0.3, -0.25) is 10.1 Å². The van der Waals surface area contributed by atoms with Crippen LogP contribution >= 0.6 is 0 Å². The minimum atomic E-state index is -4.08. The van der Waals surface area contributed by atoms with Gasteiger partial charge < -0.3 is 5.32 Å². The molecule has 2 heterocycles. The van der Waals surface area contributed by atoms with Gasteiger partial charge in [0.1, 0.15) is 0 Å². The minimum absolute atomic E-state index is 0.210. The molecule has 2 atom stereocenters. The van der Waals surface area contributed by atoms with Gasteiger partial charge in [0.2, 0.25) is 15.8 Å². The number of para-hydroxylation sites is 1. The highest BCUT2D eigenvalue weighted by molar-refractivity contribution is 7.89. The molecule has 0 aromatic heterocycles. The van der Waals surface area contributed by atoms with Crippen LogP contribution in [0.5, 0.6) is 0 Å². The van der Waals surface area contributed by atoms with Gasteiger partial charge in [0.05, 0.1) is 4.92 Å². The van der Waals surface area contributed by atoms with Gasteiger partial charge in [-0.25, -0.2) is 8.42 Å². The first kappa shape index (κ1) is 14.4. The molecule has 1 aromatic rings. The van der Waals surface area contributed by atoms with Gasteiger partial charge in [-0.2, -0.15) is 8.70 Å². The van der Waals surface area contributed by atoms with E-state index in [0.717, 1.165) is 18.7 Å². The molecule has 0 spiro atoms. The highest BCUT2D eigenvalue weighted by Crippen LogP contribution is 2.35. The number of nitro groups is 1. The van der Waals surface area contributed by atoms with Crippen molar-refractivity contribution in [3.8, 4) is 0 Å². The number of nitro benzene ring substituents is 1. The predicted molar refractivity (Wildman–Crippen MR) is 71.7 cm³/mol. The number of halogens is 1. The molecule has 2 aliphatic heterocycles. The van der Waals surface area contributed by atoms with Gasteiger partial charge in [0, 0.05) is 19.1 Å². The maximum absolute atomic E-state index is 13.6. The van der Waals surface area contributed by atoms with Crippen LogP contribution in [-0.2, 0) is 10.0 Å². The van der Waals surface area contributed by atoms with Crippen LogP contribution in [0.2, 0.25) is 0 Å². The summed E-state index contributed by atoms with van der Waals surface area (Å²) in [6.45, 7) is 1.57. The maximum atomic E-state index is 13.6. The summed E-state index contributed by atoms with van der Waals surface area (Å²) >= 11 is 0. The van der Waals surface area contributed by atoms with Crippen molar-refractivity contribution in [2.75, 3.05) is 19.6 Å². The Kier molecular flexibility index (Phi) is 3.42. The van der Waals surface area contributed by atoms with Crippen molar-refractivity contribution in [1.82, 2.24) is 9.62 Å². The van der Waals surface area contributed by atoms with Crippen LogP contribution in [0.3, 0.4) is 0 Å². The van der Waals surface area contributed by atoms with E-state index in [1.807, 2.05) is 0 Å². The fourth-order valence-corrected chi connectivity index (χ4v) is 4.98. The number of hydrogen-bond acceptors (Lipinski definition) is 5. The van der Waals surface area contributed by atoms with Crippen molar-refractivity contribution in [2.24, 2.45) is 5.92 Å². The highest BCUT2D eigenvalue weighted by atomic mass is 32.2. The van der Waals surface area contributed by atoms with E-state index in [0.29, 0.717) is 19.5 Å². The number of nitrogens with zero attached hydrogens (tertiary/aromatic N) is 2. The Morgan fingerprint density at radius 1 is 1.38 bits per heavy atom. The van der Waals surface area contributed by atoms with Crippen LogP contribution in [-0.4, -0.2) is 43.3 Å². The van der Waals surface area contributed by atoms with E-state index in [9.17, 15) is 22.9 Å². The van der Waals surface area contributed by atoms with Crippen molar-refractivity contribution in [3.63, 3.8) is 0 Å². The van der Waals surface area contributed by atoms with E-state index < -0.39 is 31.3 Å². The summed E-state index contributed by atoms with van der Waals surface area (Å²) in [5.41, 5.74) is -0.980. The molecule has 2 fully saturated rings. The van der Waals surface area contributed by atoms with Gasteiger partial charge in [0.25, 0.3) is 0 Å². The third kappa shape index (κ3) is 2.21. The summed E-state index contributed by atoms with van der Waals surface area (Å²) in [5.74, 6) is -0.922. The zero-order chi connectivity index (χ0) is 15.2. The molecule has 0 saturated carbocycles. The highest BCUT2D eigenvalue weighted by Gasteiger charge is 2.46. The van der Waals surface area contributed by atoms with Crippen LogP contribution in [0.1, 0.15) is 6.42 Å². The second-order valence-electron chi connectivity index (χ2n) is 5.23. The summed E-state index contributed by atoms with van der Waals surface area (Å²) in [6, 6.07) is 2.95. The standard InChI is InChI=1S/C12H14FN3O4S/c13-9-2-1-3-11(12(9)16(17)18)21(19,20)15-5-4-8-6-14-7-10(8)15/h1-3,8,10,14H,4-7H2/t8-,10+/m0/s1. The van der Waals surface area contributed by atoms with Crippen molar-refractivity contribution in [2.45, 2.75) is 17.4 Å². The van der Waals surface area contributed by atoms with Crippen LogP contribution in [0.15, 0.2) is 23.1 Å². The average Bonchev–Trinajstić information content (AvgIpc) is 2.99. The lowest BCUT2D eigenvalue weighted by Crippen LogP contribution is -2.39. The lowest BCUT2D eigenvalue weighted by molar-refractivity contribution is -0.390. The zero-order valence-corrected chi connectivity index (χ0v) is 11.8. The van der Waals surface area contributed by atoms with Gasteiger partial charge in [-0.15, -0.1) is 0 Å². The monoisotopic (exact) mass is 315 g/mol. The quantitative estimate of drug-likeness (QED) is 0.655. The molecule has 21 heavy (non-hydrogen) atoms. The molecule has 0 amide bonds. The summed E-state index contributed by atoms with van der Waals surface area (Å²) in [5, 5.41) is 14.1. The number of fused-ring (bicyclic) bond motifs is 1. The predicted octanol–water partition coefficient (Wildman–Crippen LogP) is 0.716. The third-order valence-electron chi connectivity index (χ3n) is 4.11. The second-order valence-corrected chi connectivity index (χ2v) is 7.09. The number of nitrogens with one attached hydrogen (secondary N) is 1. The van der Waals surface area contributed by atoms with Crippen LogP contribution in [0, 0.1) is 21.8 Å². The normalized spacial score (nSPS) is 26.0. The fraction of sp³-hybridized carbons (Fsp3) is 0.500. The summed E-state index contributed by atoms with van der Waals surface area (Å²) in [6.07, 6.45) is 0.708. The molecule has 1 aromatic carbocycles. The Morgan fingerprint density at radius 2 is 2.14 bits per heavy atom. The molecule has 114 valence electrons. The molecule has 2 saturated heterocycles. The van der Waals surface area contributed by atoms with Gasteiger partial charge in [0.15, 0.2) is 4.90 Å². The van der Waals surface area contributed by atoms with Crippen LogP contribution < -0.4 is 5.32 Å². The lowest BCUT2D eigenvalue weighted by Gasteiger charge is -2.22.